The lowest BCUT2D eigenvalue weighted by molar-refractivity contribution is 0.475. The van der Waals surface area contributed by atoms with Crippen LogP contribution in [0, 0.1) is 0 Å². The van der Waals surface area contributed by atoms with Gasteiger partial charge in [-0.15, -0.1) is 0 Å². The molecule has 0 aliphatic heterocycles. The number of benzene rings is 2. The highest BCUT2D eigenvalue weighted by atomic mass is 31.2. The molecule has 0 aliphatic carbocycles. The lowest BCUT2D eigenvalue weighted by Crippen LogP contribution is -2.30. The first-order valence-electron chi connectivity index (χ1n) is 6.31. The third kappa shape index (κ3) is 2.46. The summed E-state index contributed by atoms with van der Waals surface area (Å²) in [5.74, 6) is 0.192. The Morgan fingerprint density at radius 1 is 0.842 bits per heavy atom. The zero-order valence-electron chi connectivity index (χ0n) is 11.5. The Bertz CT molecular complexity index is 595. The normalized spacial score (nSPS) is 14.9. The molecule has 0 aromatic heterocycles. The number of hydrogen-bond acceptors (Lipinski definition) is 2. The Balaban J connectivity index is 2.67. The van der Waals surface area contributed by atoms with Crippen molar-refractivity contribution >= 4 is 17.8 Å². The molecule has 2 aromatic carbocycles. The van der Waals surface area contributed by atoms with Gasteiger partial charge in [-0.2, -0.15) is 0 Å². The number of rotatable bonds is 2. The fourth-order valence-corrected chi connectivity index (χ4v) is 5.23. The molecule has 2 rings (SSSR count). The second kappa shape index (κ2) is 4.86. The molecule has 19 heavy (non-hydrogen) atoms. The monoisotopic (exact) mass is 274 g/mol. The zero-order valence-corrected chi connectivity index (χ0v) is 12.4. The summed E-state index contributed by atoms with van der Waals surface area (Å²) in [6.07, 6.45) is 0. The van der Waals surface area contributed by atoms with Crippen LogP contribution in [0.3, 0.4) is 0 Å². The van der Waals surface area contributed by atoms with Crippen LogP contribution in [-0.4, -0.2) is 10.3 Å². The lowest BCUT2D eigenvalue weighted by Gasteiger charge is -2.32. The van der Waals surface area contributed by atoms with Crippen LogP contribution in [0.15, 0.2) is 54.6 Å². The molecule has 0 saturated carbocycles. The second-order valence-corrected chi connectivity index (χ2v) is 9.23. The van der Waals surface area contributed by atoms with E-state index < -0.39 is 7.14 Å². The van der Waals surface area contributed by atoms with Crippen molar-refractivity contribution in [3.63, 3.8) is 0 Å². The lowest BCUT2D eigenvalue weighted by atomic mass is 10.2. The molecule has 0 fully saturated rings. The van der Waals surface area contributed by atoms with Gasteiger partial charge < -0.3 is 9.67 Å². The molecular formula is C16H19O2P. The third-order valence-corrected chi connectivity index (χ3v) is 7.22. The first kappa shape index (κ1) is 13.9. The minimum atomic E-state index is -2.74. The van der Waals surface area contributed by atoms with E-state index in [0.717, 1.165) is 10.6 Å². The maximum atomic E-state index is 13.7. The van der Waals surface area contributed by atoms with E-state index in [2.05, 4.69) is 0 Å². The topological polar surface area (TPSA) is 37.3 Å². The molecular weight excluding hydrogens is 255 g/mol. The highest BCUT2D eigenvalue weighted by Crippen LogP contribution is 2.55. The number of hydrogen-bond donors (Lipinski definition) is 1. The van der Waals surface area contributed by atoms with Gasteiger partial charge in [0.15, 0.2) is 0 Å². The minimum absolute atomic E-state index is 0.192. The smallest absolute Gasteiger partial charge is 0.148 e. The van der Waals surface area contributed by atoms with Crippen LogP contribution >= 0.6 is 7.14 Å². The average Bonchev–Trinajstić information content (AvgIpc) is 2.38. The van der Waals surface area contributed by atoms with Crippen LogP contribution in [0.25, 0.3) is 0 Å². The SMILES string of the molecule is CC(C)(C)P(=O)(c1ccccc1)c1ccc(O)cc1. The average molecular weight is 274 g/mol. The van der Waals surface area contributed by atoms with Crippen molar-refractivity contribution in [3.05, 3.63) is 54.6 Å². The zero-order chi connectivity index (χ0) is 14.1. The van der Waals surface area contributed by atoms with Gasteiger partial charge in [0.2, 0.25) is 0 Å². The summed E-state index contributed by atoms with van der Waals surface area (Å²) in [6.45, 7) is 5.98. The van der Waals surface area contributed by atoms with Gasteiger partial charge in [0.1, 0.15) is 12.9 Å². The van der Waals surface area contributed by atoms with Gasteiger partial charge in [-0.25, -0.2) is 0 Å². The van der Waals surface area contributed by atoms with Crippen molar-refractivity contribution in [3.8, 4) is 5.75 Å². The van der Waals surface area contributed by atoms with Crippen molar-refractivity contribution in [2.24, 2.45) is 0 Å². The van der Waals surface area contributed by atoms with Gasteiger partial charge in [0, 0.05) is 15.8 Å². The van der Waals surface area contributed by atoms with Crippen LogP contribution in [0.4, 0.5) is 0 Å². The fraction of sp³-hybridized carbons (Fsp3) is 0.250. The molecule has 100 valence electrons. The molecule has 0 spiro atoms. The molecule has 0 amide bonds. The van der Waals surface area contributed by atoms with Gasteiger partial charge in [0.05, 0.1) is 0 Å². The summed E-state index contributed by atoms with van der Waals surface area (Å²) < 4.78 is 13.7. The van der Waals surface area contributed by atoms with Crippen LogP contribution in [-0.2, 0) is 4.57 Å². The molecule has 3 heteroatoms. The molecule has 0 radical (unpaired) electrons. The van der Waals surface area contributed by atoms with Crippen molar-refractivity contribution in [1.29, 1.82) is 0 Å². The molecule has 0 heterocycles. The van der Waals surface area contributed by atoms with Crippen LogP contribution < -0.4 is 10.6 Å². The molecule has 1 N–H and O–H groups in total. The molecule has 0 saturated heterocycles. The van der Waals surface area contributed by atoms with Gasteiger partial charge >= 0.3 is 0 Å². The Hall–Kier alpha value is -1.53. The summed E-state index contributed by atoms with van der Waals surface area (Å²) in [4.78, 5) is 0. The van der Waals surface area contributed by atoms with E-state index in [1.165, 1.54) is 0 Å². The molecule has 2 nitrogen and oxygen atoms in total. The predicted octanol–water partition coefficient (Wildman–Crippen LogP) is 3.50. The van der Waals surface area contributed by atoms with Crippen molar-refractivity contribution in [1.82, 2.24) is 0 Å². The minimum Gasteiger partial charge on any atom is -0.508 e. The van der Waals surface area contributed by atoms with E-state index in [0.29, 0.717) is 0 Å². The molecule has 2 aromatic rings. The summed E-state index contributed by atoms with van der Waals surface area (Å²) in [6, 6.07) is 16.3. The predicted molar refractivity (Wildman–Crippen MR) is 81.2 cm³/mol. The molecule has 1 atom stereocenters. The van der Waals surface area contributed by atoms with Crippen molar-refractivity contribution < 1.29 is 9.67 Å². The van der Waals surface area contributed by atoms with Gasteiger partial charge in [-0.05, 0) is 24.3 Å². The maximum Gasteiger partial charge on any atom is 0.148 e. The fourth-order valence-electron chi connectivity index (χ4n) is 2.22. The van der Waals surface area contributed by atoms with Crippen LogP contribution in [0.2, 0.25) is 0 Å². The van der Waals surface area contributed by atoms with Gasteiger partial charge in [0.25, 0.3) is 0 Å². The van der Waals surface area contributed by atoms with Gasteiger partial charge in [-0.1, -0.05) is 51.1 Å². The largest absolute Gasteiger partial charge is 0.508 e. The van der Waals surface area contributed by atoms with Gasteiger partial charge in [-0.3, -0.25) is 0 Å². The summed E-state index contributed by atoms with van der Waals surface area (Å²) in [5.41, 5.74) is 0. The molecule has 1 unspecified atom stereocenters. The Morgan fingerprint density at radius 3 is 1.79 bits per heavy atom. The van der Waals surface area contributed by atoms with E-state index in [1.54, 1.807) is 24.3 Å². The highest BCUT2D eigenvalue weighted by molar-refractivity contribution is 7.80. The van der Waals surface area contributed by atoms with E-state index in [1.807, 2.05) is 51.1 Å². The first-order valence-corrected chi connectivity index (χ1v) is 8.02. The number of aromatic hydroxyl groups is 1. The third-order valence-electron chi connectivity index (χ3n) is 3.28. The van der Waals surface area contributed by atoms with Crippen molar-refractivity contribution in [2.45, 2.75) is 25.9 Å². The van der Waals surface area contributed by atoms with E-state index in [-0.39, 0.29) is 10.9 Å². The van der Waals surface area contributed by atoms with Crippen molar-refractivity contribution in [2.75, 3.05) is 0 Å². The standard InChI is InChI=1S/C16H19O2P/c1-16(2,3)19(18,14-7-5-4-6-8-14)15-11-9-13(17)10-12-15/h4-12,17H,1-3H3. The molecule has 0 aliphatic rings. The van der Waals surface area contributed by atoms with E-state index in [9.17, 15) is 9.67 Å². The van der Waals surface area contributed by atoms with E-state index in [4.69, 9.17) is 0 Å². The summed E-state index contributed by atoms with van der Waals surface area (Å²) >= 11 is 0. The Labute approximate surface area is 114 Å². The second-order valence-electron chi connectivity index (χ2n) is 5.63. The number of phenolic OH excluding ortho intramolecular Hbond substituents is 1. The first-order chi connectivity index (χ1) is 8.85. The van der Waals surface area contributed by atoms with Crippen LogP contribution in [0.1, 0.15) is 20.8 Å². The summed E-state index contributed by atoms with van der Waals surface area (Å²) in [5, 5.41) is 10.7. The van der Waals surface area contributed by atoms with Crippen LogP contribution in [0.5, 0.6) is 5.75 Å². The highest BCUT2D eigenvalue weighted by Gasteiger charge is 2.39. The van der Waals surface area contributed by atoms with E-state index >= 15 is 0 Å². The summed E-state index contributed by atoms with van der Waals surface area (Å²) in [7, 11) is -2.74. The maximum absolute atomic E-state index is 13.7. The Kier molecular flexibility index (Phi) is 3.56. The number of phenols is 1. The quantitative estimate of drug-likeness (QED) is 0.851. The molecule has 0 bridgehead atoms. The Morgan fingerprint density at radius 2 is 1.32 bits per heavy atom.